The van der Waals surface area contributed by atoms with E-state index < -0.39 is 0 Å². The molecular formula is C16H16BrNO3S. The van der Waals surface area contributed by atoms with Gasteiger partial charge in [-0.2, -0.15) is 0 Å². The van der Waals surface area contributed by atoms with Crippen molar-refractivity contribution in [1.82, 2.24) is 0 Å². The Morgan fingerprint density at radius 1 is 1.18 bits per heavy atom. The zero-order valence-electron chi connectivity index (χ0n) is 12.1. The molecule has 2 aromatic rings. The number of thiophene rings is 1. The van der Waals surface area contributed by atoms with Crippen molar-refractivity contribution < 1.29 is 14.3 Å². The van der Waals surface area contributed by atoms with Crippen molar-refractivity contribution in [3.63, 3.8) is 0 Å². The fraction of sp³-hybridized carbons (Fsp3) is 0.250. The highest BCUT2D eigenvalue weighted by atomic mass is 79.9. The Morgan fingerprint density at radius 3 is 2.50 bits per heavy atom. The van der Waals surface area contributed by atoms with E-state index in [2.05, 4.69) is 32.0 Å². The minimum Gasteiger partial charge on any atom is -0.465 e. The summed E-state index contributed by atoms with van der Waals surface area (Å²) in [6.07, 6.45) is 2.16. The van der Waals surface area contributed by atoms with E-state index in [0.29, 0.717) is 17.7 Å². The number of amides is 1. The van der Waals surface area contributed by atoms with Gasteiger partial charge in [-0.25, -0.2) is 4.79 Å². The number of ether oxygens (including phenoxy) is 1. The summed E-state index contributed by atoms with van der Waals surface area (Å²) in [7, 11) is 1.34. The number of nitrogens with one attached hydrogen (secondary N) is 1. The number of methoxy groups -OCH3 is 1. The summed E-state index contributed by atoms with van der Waals surface area (Å²) < 4.78 is 5.73. The summed E-state index contributed by atoms with van der Waals surface area (Å²) in [5.41, 5.74) is 1.14. The fourth-order valence-electron chi connectivity index (χ4n) is 1.94. The average molecular weight is 382 g/mol. The number of benzene rings is 1. The van der Waals surface area contributed by atoms with Gasteiger partial charge in [0.25, 0.3) is 0 Å². The molecule has 0 bridgehead atoms. The lowest BCUT2D eigenvalue weighted by Crippen LogP contribution is -2.11. The first-order valence-electron chi connectivity index (χ1n) is 6.81. The average Bonchev–Trinajstić information content (AvgIpc) is 2.92. The Morgan fingerprint density at radius 2 is 1.91 bits per heavy atom. The molecule has 2 rings (SSSR count). The van der Waals surface area contributed by atoms with Gasteiger partial charge in [-0.1, -0.05) is 0 Å². The van der Waals surface area contributed by atoms with E-state index in [0.717, 1.165) is 16.6 Å². The van der Waals surface area contributed by atoms with Crippen molar-refractivity contribution in [1.29, 1.82) is 0 Å². The second-order valence-electron chi connectivity index (χ2n) is 4.68. The summed E-state index contributed by atoms with van der Waals surface area (Å²) in [5, 5.41) is 2.82. The maximum Gasteiger partial charge on any atom is 0.337 e. The molecule has 0 saturated heterocycles. The molecule has 0 fully saturated rings. The zero-order valence-corrected chi connectivity index (χ0v) is 14.5. The van der Waals surface area contributed by atoms with Gasteiger partial charge in [0.15, 0.2) is 0 Å². The Bertz CT molecular complexity index is 652. The molecular weight excluding hydrogens is 366 g/mol. The maximum absolute atomic E-state index is 11.9. The third kappa shape index (κ3) is 4.96. The van der Waals surface area contributed by atoms with Crippen molar-refractivity contribution in [3.8, 4) is 0 Å². The van der Waals surface area contributed by atoms with E-state index in [-0.39, 0.29) is 11.9 Å². The largest absolute Gasteiger partial charge is 0.465 e. The lowest BCUT2D eigenvalue weighted by Gasteiger charge is -2.06. The molecule has 1 amide bonds. The van der Waals surface area contributed by atoms with Crippen LogP contribution in [0.25, 0.3) is 0 Å². The van der Waals surface area contributed by atoms with E-state index in [1.165, 1.54) is 12.0 Å². The first-order valence-corrected chi connectivity index (χ1v) is 8.42. The molecule has 0 unspecified atom stereocenters. The third-order valence-corrected chi connectivity index (χ3v) is 4.73. The number of esters is 1. The van der Waals surface area contributed by atoms with Gasteiger partial charge < -0.3 is 10.1 Å². The summed E-state index contributed by atoms with van der Waals surface area (Å²) in [6.45, 7) is 0. The predicted molar refractivity (Wildman–Crippen MR) is 91.4 cm³/mol. The van der Waals surface area contributed by atoms with Gasteiger partial charge in [-0.15, -0.1) is 11.3 Å². The van der Waals surface area contributed by atoms with Crippen LogP contribution in [0.1, 0.15) is 28.1 Å². The highest BCUT2D eigenvalue weighted by Crippen LogP contribution is 2.23. The molecule has 0 aliphatic heterocycles. The molecule has 0 radical (unpaired) electrons. The Balaban J connectivity index is 1.78. The Labute approximate surface area is 141 Å². The Kier molecular flexibility index (Phi) is 6.15. The van der Waals surface area contributed by atoms with Gasteiger partial charge >= 0.3 is 5.97 Å². The molecule has 0 atom stereocenters. The monoisotopic (exact) mass is 381 g/mol. The molecule has 0 aliphatic rings. The maximum atomic E-state index is 11.9. The lowest BCUT2D eigenvalue weighted by atomic mass is 10.2. The summed E-state index contributed by atoms with van der Waals surface area (Å²) in [6, 6.07) is 10.7. The van der Waals surface area contributed by atoms with E-state index >= 15 is 0 Å². The smallest absolute Gasteiger partial charge is 0.337 e. The number of carbonyl (C=O) groups is 2. The number of carbonyl (C=O) groups excluding carboxylic acids is 2. The minimum atomic E-state index is -0.389. The zero-order chi connectivity index (χ0) is 15.9. The molecule has 1 aromatic carbocycles. The number of hydrogen-bond donors (Lipinski definition) is 1. The van der Waals surface area contributed by atoms with Crippen LogP contribution in [0.5, 0.6) is 0 Å². The first-order chi connectivity index (χ1) is 10.6. The molecule has 0 saturated carbocycles. The molecule has 6 heteroatoms. The SMILES string of the molecule is COC(=O)c1ccc(NC(=O)CCCc2ccc(Br)s2)cc1. The molecule has 1 N–H and O–H groups in total. The van der Waals surface area contributed by atoms with E-state index in [1.807, 2.05) is 6.07 Å². The van der Waals surface area contributed by atoms with Gasteiger partial charge in [0, 0.05) is 17.0 Å². The van der Waals surface area contributed by atoms with Gasteiger partial charge in [-0.05, 0) is 65.2 Å². The first kappa shape index (κ1) is 16.7. The number of halogens is 1. The molecule has 4 nitrogen and oxygen atoms in total. The topological polar surface area (TPSA) is 55.4 Å². The van der Waals surface area contributed by atoms with Crippen molar-refractivity contribution in [2.45, 2.75) is 19.3 Å². The van der Waals surface area contributed by atoms with Crippen LogP contribution in [0, 0.1) is 0 Å². The molecule has 1 heterocycles. The van der Waals surface area contributed by atoms with E-state index in [1.54, 1.807) is 35.6 Å². The van der Waals surface area contributed by atoms with Crippen LogP contribution in [-0.4, -0.2) is 19.0 Å². The van der Waals surface area contributed by atoms with Gasteiger partial charge in [0.1, 0.15) is 0 Å². The van der Waals surface area contributed by atoms with Crippen molar-refractivity contribution in [2.75, 3.05) is 12.4 Å². The molecule has 1 aromatic heterocycles. The summed E-state index contributed by atoms with van der Waals surface area (Å²) in [4.78, 5) is 24.5. The van der Waals surface area contributed by atoms with Crippen molar-refractivity contribution >= 4 is 44.8 Å². The fourth-order valence-corrected chi connectivity index (χ4v) is 3.47. The number of rotatable bonds is 6. The normalized spacial score (nSPS) is 10.3. The molecule has 22 heavy (non-hydrogen) atoms. The molecule has 0 aliphatic carbocycles. The summed E-state index contributed by atoms with van der Waals surface area (Å²) >= 11 is 5.12. The van der Waals surface area contributed by atoms with Gasteiger partial charge in [-0.3, -0.25) is 4.79 Å². The number of hydrogen-bond acceptors (Lipinski definition) is 4. The second-order valence-corrected chi connectivity index (χ2v) is 7.22. The van der Waals surface area contributed by atoms with Crippen LogP contribution in [0.3, 0.4) is 0 Å². The van der Waals surface area contributed by atoms with Crippen LogP contribution in [-0.2, 0) is 16.0 Å². The Hall–Kier alpha value is -1.66. The van der Waals surface area contributed by atoms with Crippen LogP contribution in [0.2, 0.25) is 0 Å². The highest BCUT2D eigenvalue weighted by Gasteiger charge is 2.07. The predicted octanol–water partition coefficient (Wildman–Crippen LogP) is 4.26. The van der Waals surface area contributed by atoms with Crippen LogP contribution < -0.4 is 5.32 Å². The standard InChI is InChI=1S/C16H16BrNO3S/c1-21-16(20)11-5-7-12(8-6-11)18-15(19)4-2-3-13-9-10-14(17)22-13/h5-10H,2-4H2,1H3,(H,18,19). The van der Waals surface area contributed by atoms with Crippen LogP contribution in [0.4, 0.5) is 5.69 Å². The quantitative estimate of drug-likeness (QED) is 0.760. The minimum absolute atomic E-state index is 0.0264. The van der Waals surface area contributed by atoms with Gasteiger partial charge in [0.2, 0.25) is 5.91 Å². The number of anilines is 1. The van der Waals surface area contributed by atoms with Crippen molar-refractivity contribution in [2.24, 2.45) is 0 Å². The lowest BCUT2D eigenvalue weighted by molar-refractivity contribution is -0.116. The van der Waals surface area contributed by atoms with E-state index in [4.69, 9.17) is 0 Å². The highest BCUT2D eigenvalue weighted by molar-refractivity contribution is 9.11. The molecule has 0 spiro atoms. The molecule has 116 valence electrons. The second kappa shape index (κ2) is 8.10. The number of aryl methyl sites for hydroxylation is 1. The van der Waals surface area contributed by atoms with Crippen molar-refractivity contribution in [3.05, 3.63) is 50.6 Å². The van der Waals surface area contributed by atoms with Crippen LogP contribution in [0.15, 0.2) is 40.2 Å². The van der Waals surface area contributed by atoms with E-state index in [9.17, 15) is 9.59 Å². The third-order valence-electron chi connectivity index (χ3n) is 3.05. The summed E-state index contributed by atoms with van der Waals surface area (Å²) in [5.74, 6) is -0.415. The van der Waals surface area contributed by atoms with Gasteiger partial charge in [0.05, 0.1) is 16.5 Å². The van der Waals surface area contributed by atoms with Crippen LogP contribution >= 0.6 is 27.3 Å².